The zero-order chi connectivity index (χ0) is 49.5. The number of β-amino-alcohol motifs (C(OH)–C–C–N with tert-alkyl or cyclic N) is 1. The van der Waals surface area contributed by atoms with Crippen LogP contribution >= 0.6 is 0 Å². The molecule has 376 valence electrons. The van der Waals surface area contributed by atoms with E-state index in [4.69, 9.17) is 14.7 Å². The number of carbonyl (C=O) groups excluding carboxylic acids is 2. The first-order valence-corrected chi connectivity index (χ1v) is 26.4. The molecule has 2 aromatic heterocycles. The summed E-state index contributed by atoms with van der Waals surface area (Å²) in [7, 11) is 0. The normalized spacial score (nSPS) is 23.2. The number of aromatic nitrogens is 3. The number of anilines is 2. The Kier molecular flexibility index (Phi) is 12.1. The minimum atomic E-state index is -0.962. The van der Waals surface area contributed by atoms with Gasteiger partial charge in [0.1, 0.15) is 34.6 Å². The summed E-state index contributed by atoms with van der Waals surface area (Å²) >= 11 is 0. The maximum Gasteiger partial charge on any atom is 0.319 e. The summed E-state index contributed by atoms with van der Waals surface area (Å²) in [5.74, 6) is 0.161. The number of fused-ring (bicyclic) bond motifs is 2. The zero-order valence-corrected chi connectivity index (χ0v) is 41.4. The molecule has 1 unspecified atom stereocenters. The lowest BCUT2D eigenvalue weighted by atomic mass is 9.85. The number of aromatic hydroxyl groups is 1. The lowest BCUT2D eigenvalue weighted by molar-refractivity contribution is -0.123. The van der Waals surface area contributed by atoms with Gasteiger partial charge in [0.15, 0.2) is 5.82 Å². The number of carbonyl (C=O) groups is 2. The van der Waals surface area contributed by atoms with Gasteiger partial charge in [-0.25, -0.2) is 8.78 Å². The Morgan fingerprint density at radius 1 is 0.861 bits per heavy atom. The van der Waals surface area contributed by atoms with Crippen molar-refractivity contribution in [3.05, 3.63) is 89.1 Å². The quantitative estimate of drug-likeness (QED) is 0.108. The van der Waals surface area contributed by atoms with E-state index in [1.54, 1.807) is 30.2 Å². The van der Waals surface area contributed by atoms with E-state index in [1.807, 2.05) is 24.0 Å². The fourth-order valence-electron chi connectivity index (χ4n) is 13.0. The summed E-state index contributed by atoms with van der Waals surface area (Å²) in [5, 5.41) is 28.4. The number of phenols is 1. The molecule has 6 aliphatic rings. The maximum absolute atomic E-state index is 17.2. The third-order valence-electron chi connectivity index (χ3n) is 17.0. The molecular formula is C57H64F2N8O5. The highest BCUT2D eigenvalue weighted by molar-refractivity contribution is 6.27. The van der Waals surface area contributed by atoms with Crippen molar-refractivity contribution in [2.24, 2.45) is 11.3 Å². The monoisotopic (exact) mass is 978 g/mol. The van der Waals surface area contributed by atoms with Crippen molar-refractivity contribution < 1.29 is 33.3 Å². The molecule has 1 saturated carbocycles. The van der Waals surface area contributed by atoms with Crippen molar-refractivity contribution in [2.75, 3.05) is 75.3 Å². The molecule has 6 aromatic rings. The van der Waals surface area contributed by atoms with Crippen molar-refractivity contribution in [3.8, 4) is 23.0 Å². The fraction of sp³-hybridized carbons (Fsp3) is 0.491. The standard InChI is InChI=1S/C57H64F2N8O5/c1-3-38-44(58)12-10-36-27-37(68)28-42(47(36)38)50-49(59)51-43(29-61-50)52(66-22-6-18-56(2,71)31-66)63-55(62-51)72-33-57(19-20-57)32-65-23-14-34(15-24-65)30-64-25-16-35(17-26-64)39-11-13-45-48-40(39)7-4-8-41(48)54(70)67(45)46-9-5-21-60-53(46)69/h4,7-8,10-13,27-29,34-35,46,68,71H,3,5-6,9,14-26,30-33H2,1-2H3,(H,60,69)/t46?,56-/m1/s1. The van der Waals surface area contributed by atoms with Crippen LogP contribution in [0.4, 0.5) is 20.3 Å². The number of hydrogen-bond acceptors (Lipinski definition) is 11. The number of pyridine rings is 1. The minimum absolute atomic E-state index is 0.0186. The van der Waals surface area contributed by atoms with Crippen LogP contribution in [-0.4, -0.2) is 124 Å². The average molecular weight is 979 g/mol. The first kappa shape index (κ1) is 47.0. The average Bonchev–Trinajstić information content (AvgIpc) is 4.09. The van der Waals surface area contributed by atoms with Crippen molar-refractivity contribution >= 4 is 55.8 Å². The summed E-state index contributed by atoms with van der Waals surface area (Å²) in [6, 6.07) is 15.9. The SMILES string of the molecule is CCc1c(F)ccc2cc(O)cc(-c3ncc4c(N5CCC[C@@](C)(O)C5)nc(OCC5(CN6CCC(CN7CCC(c8ccc9c%10c(cccc8%10)C(=O)N9C8CCCNC8=O)CC7)CC6)CC5)nc4c3F)c12. The van der Waals surface area contributed by atoms with E-state index < -0.39 is 23.3 Å². The summed E-state index contributed by atoms with van der Waals surface area (Å²) in [4.78, 5) is 49.7. The summed E-state index contributed by atoms with van der Waals surface area (Å²) < 4.78 is 38.9. The molecule has 2 atom stereocenters. The molecule has 3 N–H and O–H groups in total. The molecule has 1 aliphatic carbocycles. The summed E-state index contributed by atoms with van der Waals surface area (Å²) in [5.41, 5.74) is 2.54. The minimum Gasteiger partial charge on any atom is -0.508 e. The van der Waals surface area contributed by atoms with Crippen molar-refractivity contribution in [1.29, 1.82) is 0 Å². The van der Waals surface area contributed by atoms with Crippen LogP contribution in [0.25, 0.3) is 43.7 Å². The summed E-state index contributed by atoms with van der Waals surface area (Å²) in [6.07, 6.45) is 11.3. The molecule has 13 nitrogen and oxygen atoms in total. The second-order valence-corrected chi connectivity index (χ2v) is 22.1. The maximum atomic E-state index is 17.2. The van der Waals surface area contributed by atoms with Crippen LogP contribution in [-0.2, 0) is 11.2 Å². The van der Waals surface area contributed by atoms with Gasteiger partial charge in [-0.3, -0.25) is 19.5 Å². The van der Waals surface area contributed by atoms with E-state index in [0.29, 0.717) is 90.4 Å². The van der Waals surface area contributed by atoms with Gasteiger partial charge in [0, 0.05) is 60.8 Å². The lowest BCUT2D eigenvalue weighted by Gasteiger charge is -2.39. The number of nitrogens with zero attached hydrogens (tertiary/aromatic N) is 7. The molecule has 0 radical (unpaired) electrons. The smallest absolute Gasteiger partial charge is 0.319 e. The molecule has 7 heterocycles. The molecule has 5 fully saturated rings. The van der Waals surface area contributed by atoms with Crippen LogP contribution < -0.4 is 19.9 Å². The van der Waals surface area contributed by atoms with Gasteiger partial charge in [-0.2, -0.15) is 9.97 Å². The third-order valence-corrected chi connectivity index (χ3v) is 17.0. The van der Waals surface area contributed by atoms with Gasteiger partial charge < -0.3 is 35.0 Å². The van der Waals surface area contributed by atoms with Crippen LogP contribution in [0, 0.1) is 23.0 Å². The van der Waals surface area contributed by atoms with Crippen LogP contribution in [0.2, 0.25) is 0 Å². The number of piperidine rings is 4. The number of hydrogen-bond donors (Lipinski definition) is 3. The number of aliphatic hydroxyl groups is 1. The first-order chi connectivity index (χ1) is 34.9. The van der Waals surface area contributed by atoms with E-state index >= 15 is 8.78 Å². The molecule has 2 amide bonds. The summed E-state index contributed by atoms with van der Waals surface area (Å²) in [6.45, 7) is 11.8. The second kappa shape index (κ2) is 18.5. The van der Waals surface area contributed by atoms with E-state index in [9.17, 15) is 19.8 Å². The first-order valence-electron chi connectivity index (χ1n) is 26.4. The predicted octanol–water partition coefficient (Wildman–Crippen LogP) is 8.89. The van der Waals surface area contributed by atoms with Crippen molar-refractivity contribution in [1.82, 2.24) is 30.1 Å². The number of amides is 2. The van der Waals surface area contributed by atoms with E-state index in [0.717, 1.165) is 107 Å². The second-order valence-electron chi connectivity index (χ2n) is 22.1. The van der Waals surface area contributed by atoms with Crippen LogP contribution in [0.15, 0.2) is 60.8 Å². The number of nitrogens with one attached hydrogen (secondary N) is 1. The number of ether oxygens (including phenoxy) is 1. The Bertz CT molecular complexity index is 3130. The van der Waals surface area contributed by atoms with Crippen LogP contribution in [0.3, 0.4) is 0 Å². The lowest BCUT2D eigenvalue weighted by Crippen LogP contribution is -2.51. The van der Waals surface area contributed by atoms with E-state index in [1.165, 1.54) is 17.7 Å². The molecule has 0 bridgehead atoms. The number of phenolic OH excluding ortho intramolecular Hbond substituents is 1. The highest BCUT2D eigenvalue weighted by Gasteiger charge is 2.46. The molecule has 72 heavy (non-hydrogen) atoms. The Hall–Kier alpha value is -6.03. The van der Waals surface area contributed by atoms with Crippen LogP contribution in [0.1, 0.15) is 105 Å². The number of aryl methyl sites for hydroxylation is 1. The number of rotatable bonds is 12. The molecule has 15 heteroatoms. The molecule has 4 aromatic carbocycles. The Morgan fingerprint density at radius 2 is 1.67 bits per heavy atom. The Morgan fingerprint density at radius 3 is 2.43 bits per heavy atom. The molecule has 5 aliphatic heterocycles. The third kappa shape index (κ3) is 8.58. The van der Waals surface area contributed by atoms with Crippen molar-refractivity contribution in [2.45, 2.75) is 102 Å². The van der Waals surface area contributed by atoms with E-state index in [-0.39, 0.29) is 45.8 Å². The number of likely N-dealkylation sites (tertiary alicyclic amines) is 2. The van der Waals surface area contributed by atoms with Gasteiger partial charge >= 0.3 is 6.01 Å². The van der Waals surface area contributed by atoms with Gasteiger partial charge in [-0.1, -0.05) is 31.2 Å². The van der Waals surface area contributed by atoms with Gasteiger partial charge in [0.25, 0.3) is 5.91 Å². The topological polar surface area (TPSA) is 147 Å². The van der Waals surface area contributed by atoms with Crippen molar-refractivity contribution in [3.63, 3.8) is 0 Å². The molecule has 12 rings (SSSR count). The molecule has 4 saturated heterocycles. The largest absolute Gasteiger partial charge is 0.508 e. The zero-order valence-electron chi connectivity index (χ0n) is 41.4. The number of halogens is 2. The number of benzene rings is 4. The molecule has 0 spiro atoms. The van der Waals surface area contributed by atoms with Gasteiger partial charge in [-0.05, 0) is 173 Å². The van der Waals surface area contributed by atoms with Gasteiger partial charge in [0.05, 0.1) is 23.3 Å². The molecular weight excluding hydrogens is 915 g/mol. The fourth-order valence-corrected chi connectivity index (χ4v) is 13.0. The highest BCUT2D eigenvalue weighted by Crippen LogP contribution is 2.48. The predicted molar refractivity (Wildman–Crippen MR) is 275 cm³/mol. The van der Waals surface area contributed by atoms with Crippen LogP contribution in [0.5, 0.6) is 11.8 Å². The van der Waals surface area contributed by atoms with E-state index in [2.05, 4.69) is 38.3 Å². The highest BCUT2D eigenvalue weighted by atomic mass is 19.1. The van der Waals surface area contributed by atoms with Gasteiger partial charge in [-0.15, -0.1) is 0 Å². The Balaban J connectivity index is 0.700. The Labute approximate surface area is 418 Å². The van der Waals surface area contributed by atoms with Gasteiger partial charge in [0.2, 0.25) is 5.91 Å².